The zero-order valence-electron chi connectivity index (χ0n) is 14.9. The molecule has 0 N–H and O–H groups in total. The quantitative estimate of drug-likeness (QED) is 0.758. The second-order valence-corrected chi connectivity index (χ2v) is 8.69. The molecule has 2 aliphatic rings. The van der Waals surface area contributed by atoms with Gasteiger partial charge in [0.1, 0.15) is 0 Å². The molecule has 0 spiro atoms. The molecule has 1 saturated heterocycles. The van der Waals surface area contributed by atoms with E-state index in [2.05, 4.69) is 35.0 Å². The zero-order valence-corrected chi connectivity index (χ0v) is 15.7. The van der Waals surface area contributed by atoms with E-state index in [0.717, 1.165) is 43.0 Å². The van der Waals surface area contributed by atoms with Crippen molar-refractivity contribution in [2.75, 3.05) is 6.54 Å². The Hall–Kier alpha value is -1.68. The minimum atomic E-state index is 0.191. The average Bonchev–Trinajstić information content (AvgIpc) is 2.90. The van der Waals surface area contributed by atoms with E-state index in [-0.39, 0.29) is 11.9 Å². The van der Waals surface area contributed by atoms with Crippen LogP contribution in [-0.2, 0) is 12.8 Å². The summed E-state index contributed by atoms with van der Waals surface area (Å²) in [5, 5.41) is 0. The Morgan fingerprint density at radius 2 is 2.04 bits per heavy atom. The number of pyridine rings is 1. The molecule has 132 valence electrons. The van der Waals surface area contributed by atoms with Crippen molar-refractivity contribution in [3.8, 4) is 0 Å². The predicted molar refractivity (Wildman–Crippen MR) is 102 cm³/mol. The molecular weight excluding hydrogens is 328 g/mol. The maximum Gasteiger partial charge on any atom is 0.264 e. The van der Waals surface area contributed by atoms with Crippen LogP contribution in [0.5, 0.6) is 0 Å². The van der Waals surface area contributed by atoms with Crippen molar-refractivity contribution in [2.45, 2.75) is 57.9 Å². The highest BCUT2D eigenvalue weighted by atomic mass is 32.1. The summed E-state index contributed by atoms with van der Waals surface area (Å²) in [6, 6.07) is 6.51. The number of thiophene rings is 1. The second-order valence-electron chi connectivity index (χ2n) is 7.55. The van der Waals surface area contributed by atoms with Crippen LogP contribution in [0.2, 0.25) is 0 Å². The van der Waals surface area contributed by atoms with E-state index >= 15 is 0 Å². The van der Waals surface area contributed by atoms with Crippen molar-refractivity contribution in [1.29, 1.82) is 0 Å². The van der Waals surface area contributed by atoms with Crippen LogP contribution in [0.1, 0.15) is 70.7 Å². The third-order valence-electron chi connectivity index (χ3n) is 5.64. The number of amides is 1. The van der Waals surface area contributed by atoms with Crippen molar-refractivity contribution < 1.29 is 4.79 Å². The van der Waals surface area contributed by atoms with Gasteiger partial charge in [-0.1, -0.05) is 19.8 Å². The van der Waals surface area contributed by atoms with Crippen LogP contribution in [0.25, 0.3) is 0 Å². The lowest BCUT2D eigenvalue weighted by Crippen LogP contribution is -2.34. The van der Waals surface area contributed by atoms with Crippen molar-refractivity contribution in [1.82, 2.24) is 9.88 Å². The summed E-state index contributed by atoms with van der Waals surface area (Å²) in [5.41, 5.74) is 2.64. The summed E-state index contributed by atoms with van der Waals surface area (Å²) in [7, 11) is 0. The molecule has 0 radical (unpaired) electrons. The Labute approximate surface area is 154 Å². The van der Waals surface area contributed by atoms with Gasteiger partial charge in [-0.15, -0.1) is 11.3 Å². The van der Waals surface area contributed by atoms with E-state index < -0.39 is 0 Å². The number of hydrogen-bond donors (Lipinski definition) is 0. The highest BCUT2D eigenvalue weighted by Crippen LogP contribution is 2.36. The first-order chi connectivity index (χ1) is 12.2. The Balaban J connectivity index is 1.62. The molecular formula is C21H26N2OS. The van der Waals surface area contributed by atoms with Crippen LogP contribution in [0, 0.1) is 5.92 Å². The van der Waals surface area contributed by atoms with E-state index in [9.17, 15) is 4.79 Å². The summed E-state index contributed by atoms with van der Waals surface area (Å²) in [6.07, 6.45) is 11.8. The number of nitrogens with zero attached hydrogens (tertiary/aromatic N) is 2. The van der Waals surface area contributed by atoms with Gasteiger partial charge in [-0.2, -0.15) is 0 Å². The van der Waals surface area contributed by atoms with Gasteiger partial charge in [0.2, 0.25) is 0 Å². The van der Waals surface area contributed by atoms with Crippen LogP contribution in [0.15, 0.2) is 30.6 Å². The first-order valence-electron chi connectivity index (χ1n) is 9.55. The Morgan fingerprint density at radius 3 is 2.88 bits per heavy atom. The SMILES string of the molecule is CC1CCc2sc(C(=O)N3CCCCCC3c3ccncc3)cc2C1. The topological polar surface area (TPSA) is 33.2 Å². The smallest absolute Gasteiger partial charge is 0.264 e. The first-order valence-corrected chi connectivity index (χ1v) is 10.4. The lowest BCUT2D eigenvalue weighted by molar-refractivity contribution is 0.0686. The minimum Gasteiger partial charge on any atom is -0.331 e. The molecule has 1 aliphatic carbocycles. The summed E-state index contributed by atoms with van der Waals surface area (Å²) < 4.78 is 0. The highest BCUT2D eigenvalue weighted by Gasteiger charge is 2.29. The fourth-order valence-corrected chi connectivity index (χ4v) is 5.40. The van der Waals surface area contributed by atoms with Gasteiger partial charge in [0.25, 0.3) is 5.91 Å². The molecule has 0 aromatic carbocycles. The molecule has 1 aliphatic heterocycles. The summed E-state index contributed by atoms with van der Waals surface area (Å²) in [5.74, 6) is 0.976. The van der Waals surface area contributed by atoms with Crippen molar-refractivity contribution in [2.24, 2.45) is 5.92 Å². The number of fused-ring (bicyclic) bond motifs is 1. The van der Waals surface area contributed by atoms with Gasteiger partial charge in [0, 0.05) is 23.8 Å². The molecule has 0 bridgehead atoms. The van der Waals surface area contributed by atoms with Crippen LogP contribution in [-0.4, -0.2) is 22.3 Å². The van der Waals surface area contributed by atoms with Crippen LogP contribution in [0.4, 0.5) is 0 Å². The van der Waals surface area contributed by atoms with Crippen LogP contribution >= 0.6 is 11.3 Å². The first kappa shape index (κ1) is 16.8. The van der Waals surface area contributed by atoms with E-state index in [1.54, 1.807) is 11.3 Å². The lowest BCUT2D eigenvalue weighted by atomic mass is 9.90. The van der Waals surface area contributed by atoms with Crippen molar-refractivity contribution in [3.63, 3.8) is 0 Å². The van der Waals surface area contributed by atoms with Crippen molar-refractivity contribution >= 4 is 17.2 Å². The number of aryl methyl sites for hydroxylation is 1. The molecule has 4 heteroatoms. The normalized spacial score (nSPS) is 23.8. The fourth-order valence-electron chi connectivity index (χ4n) is 4.24. The molecule has 25 heavy (non-hydrogen) atoms. The summed E-state index contributed by atoms with van der Waals surface area (Å²) >= 11 is 1.74. The van der Waals surface area contributed by atoms with Gasteiger partial charge < -0.3 is 4.90 Å². The van der Waals surface area contributed by atoms with E-state index in [1.807, 2.05) is 12.4 Å². The number of carbonyl (C=O) groups excluding carboxylic acids is 1. The monoisotopic (exact) mass is 354 g/mol. The van der Waals surface area contributed by atoms with Crippen LogP contribution < -0.4 is 0 Å². The fraction of sp³-hybridized carbons (Fsp3) is 0.524. The maximum atomic E-state index is 13.4. The number of rotatable bonds is 2. The molecule has 2 atom stereocenters. The maximum absolute atomic E-state index is 13.4. The molecule has 2 aromatic heterocycles. The van der Waals surface area contributed by atoms with Gasteiger partial charge >= 0.3 is 0 Å². The molecule has 0 saturated carbocycles. The molecule has 2 aromatic rings. The van der Waals surface area contributed by atoms with Gasteiger partial charge in [-0.05, 0) is 67.3 Å². The largest absolute Gasteiger partial charge is 0.331 e. The number of carbonyl (C=O) groups is 1. The van der Waals surface area contributed by atoms with E-state index in [4.69, 9.17) is 0 Å². The predicted octanol–water partition coefficient (Wildman–Crippen LogP) is 5.03. The lowest BCUT2D eigenvalue weighted by Gasteiger charge is -2.30. The molecule has 3 heterocycles. The molecule has 3 nitrogen and oxygen atoms in total. The summed E-state index contributed by atoms with van der Waals surface area (Å²) in [6.45, 7) is 3.18. The molecule has 2 unspecified atom stereocenters. The standard InChI is InChI=1S/C21H26N2OS/c1-15-6-7-19-17(13-15)14-20(25-19)21(24)23-12-4-2-3-5-18(23)16-8-10-22-11-9-16/h8-11,14-15,18H,2-7,12-13H2,1H3. The highest BCUT2D eigenvalue weighted by molar-refractivity contribution is 7.14. The van der Waals surface area contributed by atoms with Crippen molar-refractivity contribution in [3.05, 3.63) is 51.5 Å². The average molecular weight is 355 g/mol. The van der Waals surface area contributed by atoms with E-state index in [1.165, 1.54) is 35.3 Å². The van der Waals surface area contributed by atoms with Gasteiger partial charge in [-0.25, -0.2) is 0 Å². The zero-order chi connectivity index (χ0) is 17.2. The van der Waals surface area contributed by atoms with Crippen LogP contribution in [0.3, 0.4) is 0 Å². The number of likely N-dealkylation sites (tertiary alicyclic amines) is 1. The molecule has 1 amide bonds. The van der Waals surface area contributed by atoms with Gasteiger partial charge in [-0.3, -0.25) is 9.78 Å². The Bertz CT molecular complexity index is 740. The summed E-state index contributed by atoms with van der Waals surface area (Å²) in [4.78, 5) is 22.0. The molecule has 1 fully saturated rings. The molecule has 4 rings (SSSR count). The minimum absolute atomic E-state index is 0.191. The number of aromatic nitrogens is 1. The van der Waals surface area contributed by atoms with E-state index in [0.29, 0.717) is 0 Å². The number of hydrogen-bond acceptors (Lipinski definition) is 3. The van der Waals surface area contributed by atoms with Gasteiger partial charge in [0.05, 0.1) is 10.9 Å². The third kappa shape index (κ3) is 3.50. The Morgan fingerprint density at radius 1 is 1.20 bits per heavy atom. The second kappa shape index (κ2) is 7.28. The Kier molecular flexibility index (Phi) is 4.89. The third-order valence-corrected chi connectivity index (χ3v) is 6.87. The van der Waals surface area contributed by atoms with Gasteiger partial charge in [0.15, 0.2) is 0 Å².